The highest BCUT2D eigenvalue weighted by atomic mass is 19.4. The van der Waals surface area contributed by atoms with E-state index < -0.39 is 23.8 Å². The van der Waals surface area contributed by atoms with Gasteiger partial charge in [-0.3, -0.25) is 0 Å². The molecule has 0 radical (unpaired) electrons. The molecule has 1 atom stereocenters. The van der Waals surface area contributed by atoms with Gasteiger partial charge in [0.05, 0.1) is 11.3 Å². The Labute approximate surface area is 94.8 Å². The normalized spacial score (nSPS) is 13.2. The first kappa shape index (κ1) is 13.3. The summed E-state index contributed by atoms with van der Waals surface area (Å²) in [7, 11) is 0. The van der Waals surface area contributed by atoms with Crippen LogP contribution in [0, 0.1) is 0 Å². The second kappa shape index (κ2) is 4.62. The molecule has 4 nitrogen and oxygen atoms in total. The second-order valence-electron chi connectivity index (χ2n) is 3.35. The van der Waals surface area contributed by atoms with Crippen LogP contribution in [-0.2, 0) is 11.0 Å². The van der Waals surface area contributed by atoms with Crippen molar-refractivity contribution in [1.82, 2.24) is 0 Å². The van der Waals surface area contributed by atoms with E-state index in [1.54, 1.807) is 0 Å². The molecule has 7 heteroatoms. The number of carbonyl (C=O) groups excluding carboxylic acids is 1. The first-order valence-corrected chi connectivity index (χ1v) is 4.58. The molecule has 0 aliphatic rings. The predicted octanol–water partition coefficient (Wildman–Crippen LogP) is 1.57. The fourth-order valence-corrected chi connectivity index (χ4v) is 1.01. The number of hydrogen-bond donors (Lipinski definition) is 2. The molecule has 0 saturated heterocycles. The molecule has 1 aromatic rings. The van der Waals surface area contributed by atoms with Crippen molar-refractivity contribution >= 4 is 11.7 Å². The highest BCUT2D eigenvalue weighted by Crippen LogP contribution is 2.33. The van der Waals surface area contributed by atoms with Crippen LogP contribution < -0.4 is 10.5 Å². The number of nitrogen functional groups attached to an aromatic ring is 1. The lowest BCUT2D eigenvalue weighted by atomic mass is 10.2. The number of esters is 1. The van der Waals surface area contributed by atoms with E-state index in [1.807, 2.05) is 0 Å². The van der Waals surface area contributed by atoms with Crippen LogP contribution in [0.5, 0.6) is 5.75 Å². The van der Waals surface area contributed by atoms with Crippen LogP contribution in [0.4, 0.5) is 18.9 Å². The zero-order valence-electron chi connectivity index (χ0n) is 8.78. The number of anilines is 1. The molecule has 0 spiro atoms. The van der Waals surface area contributed by atoms with Gasteiger partial charge in [0.2, 0.25) is 0 Å². The molecular weight excluding hydrogens is 239 g/mol. The lowest BCUT2D eigenvalue weighted by molar-refractivity contribution is -0.142. The maximum atomic E-state index is 12.3. The largest absolute Gasteiger partial charge is 0.422 e. The summed E-state index contributed by atoms with van der Waals surface area (Å²) in [6, 6.07) is 2.32. The van der Waals surface area contributed by atoms with Gasteiger partial charge in [0, 0.05) is 0 Å². The predicted molar refractivity (Wildman–Crippen MR) is 53.2 cm³/mol. The molecule has 17 heavy (non-hydrogen) atoms. The molecule has 0 saturated carbocycles. The maximum Gasteiger partial charge on any atom is 0.416 e. The smallest absolute Gasteiger partial charge is 0.416 e. The second-order valence-corrected chi connectivity index (χ2v) is 3.35. The maximum absolute atomic E-state index is 12.3. The van der Waals surface area contributed by atoms with Crippen LogP contribution >= 0.6 is 0 Å². The molecule has 0 fully saturated rings. The first-order valence-electron chi connectivity index (χ1n) is 4.58. The Hall–Kier alpha value is -1.76. The van der Waals surface area contributed by atoms with E-state index in [4.69, 9.17) is 10.8 Å². The quantitative estimate of drug-likeness (QED) is 0.474. The molecule has 3 N–H and O–H groups in total. The van der Waals surface area contributed by atoms with Crippen LogP contribution in [0.15, 0.2) is 18.2 Å². The number of hydrogen-bond acceptors (Lipinski definition) is 4. The summed E-state index contributed by atoms with van der Waals surface area (Å²) in [5.74, 6) is -1.21. The summed E-state index contributed by atoms with van der Waals surface area (Å²) in [6.07, 6.45) is -5.89. The number of nitrogens with two attached hydrogens (primary N) is 1. The zero-order valence-corrected chi connectivity index (χ0v) is 8.78. The molecule has 94 valence electrons. The van der Waals surface area contributed by atoms with E-state index >= 15 is 0 Å². The Kier molecular flexibility index (Phi) is 3.62. The summed E-state index contributed by atoms with van der Waals surface area (Å²) >= 11 is 0. The molecular formula is C10H10F3NO3. The highest BCUT2D eigenvalue weighted by molar-refractivity contribution is 5.78. The third kappa shape index (κ3) is 3.35. The van der Waals surface area contributed by atoms with E-state index in [0.29, 0.717) is 6.07 Å². The van der Waals surface area contributed by atoms with Crippen LogP contribution in [0.2, 0.25) is 0 Å². The number of benzene rings is 1. The molecule has 1 rings (SSSR count). The number of rotatable bonds is 2. The molecule has 0 aliphatic carbocycles. The SMILES string of the molecule is CC(O)C(=O)Oc1ccc(C(F)(F)F)cc1N. The van der Waals surface area contributed by atoms with Gasteiger partial charge in [0.25, 0.3) is 0 Å². The van der Waals surface area contributed by atoms with Gasteiger partial charge >= 0.3 is 12.1 Å². The van der Waals surface area contributed by atoms with Crippen molar-refractivity contribution in [3.8, 4) is 5.75 Å². The van der Waals surface area contributed by atoms with Crippen LogP contribution in [-0.4, -0.2) is 17.2 Å². The van der Waals surface area contributed by atoms with Crippen molar-refractivity contribution in [2.45, 2.75) is 19.2 Å². The van der Waals surface area contributed by atoms with Crippen LogP contribution in [0.1, 0.15) is 12.5 Å². The Balaban J connectivity index is 2.95. The summed E-state index contributed by atoms with van der Waals surface area (Å²) in [5.41, 5.74) is 4.04. The lowest BCUT2D eigenvalue weighted by Gasteiger charge is -2.11. The van der Waals surface area contributed by atoms with Gasteiger partial charge in [-0.05, 0) is 25.1 Å². The Morgan fingerprint density at radius 3 is 2.47 bits per heavy atom. The van der Waals surface area contributed by atoms with E-state index in [2.05, 4.69) is 4.74 Å². The fraction of sp³-hybridized carbons (Fsp3) is 0.300. The molecule has 0 aliphatic heterocycles. The van der Waals surface area contributed by atoms with Gasteiger partial charge < -0.3 is 15.6 Å². The Bertz CT molecular complexity index is 429. The van der Waals surface area contributed by atoms with Gasteiger partial charge in [0.15, 0.2) is 5.75 Å². The van der Waals surface area contributed by atoms with E-state index in [-0.39, 0.29) is 11.4 Å². The molecule has 1 aromatic carbocycles. The average Bonchev–Trinajstić information content (AvgIpc) is 2.19. The van der Waals surface area contributed by atoms with Gasteiger partial charge in [0.1, 0.15) is 6.10 Å². The topological polar surface area (TPSA) is 72.5 Å². The number of aliphatic hydroxyl groups excluding tert-OH is 1. The third-order valence-electron chi connectivity index (χ3n) is 1.89. The van der Waals surface area contributed by atoms with E-state index in [0.717, 1.165) is 12.1 Å². The van der Waals surface area contributed by atoms with Crippen molar-refractivity contribution in [3.05, 3.63) is 23.8 Å². The van der Waals surface area contributed by atoms with Crippen molar-refractivity contribution < 1.29 is 27.8 Å². The standard InChI is InChI=1S/C10H10F3NO3/c1-5(15)9(16)17-8-3-2-6(4-7(8)14)10(11,12)13/h2-5,15H,14H2,1H3. The Morgan fingerprint density at radius 1 is 1.47 bits per heavy atom. The Morgan fingerprint density at radius 2 is 2.06 bits per heavy atom. The van der Waals surface area contributed by atoms with E-state index in [1.165, 1.54) is 6.92 Å². The van der Waals surface area contributed by atoms with Gasteiger partial charge in [-0.1, -0.05) is 0 Å². The molecule has 0 aromatic heterocycles. The number of alkyl halides is 3. The summed E-state index contributed by atoms with van der Waals surface area (Å²) in [4.78, 5) is 11.0. The average molecular weight is 249 g/mol. The van der Waals surface area contributed by atoms with Crippen molar-refractivity contribution in [2.75, 3.05) is 5.73 Å². The number of halogens is 3. The summed E-state index contributed by atoms with van der Waals surface area (Å²) in [5, 5.41) is 8.86. The minimum atomic E-state index is -4.51. The van der Waals surface area contributed by atoms with E-state index in [9.17, 15) is 18.0 Å². The first-order chi connectivity index (χ1) is 7.71. The number of aliphatic hydroxyl groups is 1. The molecule has 1 unspecified atom stereocenters. The lowest BCUT2D eigenvalue weighted by Crippen LogP contribution is -2.22. The van der Waals surface area contributed by atoms with Crippen molar-refractivity contribution in [2.24, 2.45) is 0 Å². The monoisotopic (exact) mass is 249 g/mol. The van der Waals surface area contributed by atoms with Crippen LogP contribution in [0.3, 0.4) is 0 Å². The number of carbonyl (C=O) groups is 1. The minimum Gasteiger partial charge on any atom is -0.422 e. The fourth-order valence-electron chi connectivity index (χ4n) is 1.01. The van der Waals surface area contributed by atoms with Crippen LogP contribution in [0.25, 0.3) is 0 Å². The number of ether oxygens (including phenoxy) is 1. The minimum absolute atomic E-state index is 0.219. The zero-order chi connectivity index (χ0) is 13.2. The molecule has 0 amide bonds. The van der Waals surface area contributed by atoms with Gasteiger partial charge in [-0.2, -0.15) is 13.2 Å². The summed E-state index contributed by atoms with van der Waals surface area (Å²) < 4.78 is 41.5. The van der Waals surface area contributed by atoms with Gasteiger partial charge in [-0.15, -0.1) is 0 Å². The van der Waals surface area contributed by atoms with Gasteiger partial charge in [-0.25, -0.2) is 4.79 Å². The van der Waals surface area contributed by atoms with Crippen molar-refractivity contribution in [1.29, 1.82) is 0 Å². The molecule has 0 heterocycles. The molecule has 0 bridgehead atoms. The third-order valence-corrected chi connectivity index (χ3v) is 1.89. The highest BCUT2D eigenvalue weighted by Gasteiger charge is 2.31. The summed E-state index contributed by atoms with van der Waals surface area (Å²) in [6.45, 7) is 1.17. The van der Waals surface area contributed by atoms with Crippen molar-refractivity contribution in [3.63, 3.8) is 0 Å².